The van der Waals surface area contributed by atoms with Gasteiger partial charge < -0.3 is 10.3 Å². The van der Waals surface area contributed by atoms with E-state index in [4.69, 9.17) is 11.6 Å². The number of hydrogen-bond donors (Lipinski definition) is 2. The van der Waals surface area contributed by atoms with Gasteiger partial charge in [-0.05, 0) is 18.6 Å². The van der Waals surface area contributed by atoms with E-state index in [9.17, 15) is 4.39 Å². The van der Waals surface area contributed by atoms with Gasteiger partial charge in [0.15, 0.2) is 11.5 Å². The fourth-order valence-corrected chi connectivity index (χ4v) is 2.23. The highest BCUT2D eigenvalue weighted by Gasteiger charge is 2.08. The Morgan fingerprint density at radius 2 is 2.15 bits per heavy atom. The third-order valence-corrected chi connectivity index (χ3v) is 3.31. The zero-order valence-corrected chi connectivity index (χ0v) is 11.2. The molecule has 0 fully saturated rings. The molecule has 0 unspecified atom stereocenters. The van der Waals surface area contributed by atoms with Crippen LogP contribution in [0.5, 0.6) is 0 Å². The van der Waals surface area contributed by atoms with Crippen LogP contribution >= 0.6 is 11.6 Å². The molecule has 0 bridgehead atoms. The van der Waals surface area contributed by atoms with Gasteiger partial charge in [0.2, 0.25) is 0 Å². The van der Waals surface area contributed by atoms with E-state index in [0.29, 0.717) is 35.0 Å². The van der Waals surface area contributed by atoms with Crippen molar-refractivity contribution in [3.8, 4) is 0 Å². The molecule has 0 aliphatic carbocycles. The van der Waals surface area contributed by atoms with Crippen LogP contribution in [0.2, 0.25) is 5.02 Å². The van der Waals surface area contributed by atoms with Gasteiger partial charge in [-0.15, -0.1) is 0 Å². The van der Waals surface area contributed by atoms with Crippen molar-refractivity contribution in [2.45, 2.75) is 6.42 Å². The molecule has 102 valence electrons. The molecule has 0 atom stereocenters. The smallest absolute Gasteiger partial charge is 0.182 e. The molecule has 0 radical (unpaired) electrons. The summed E-state index contributed by atoms with van der Waals surface area (Å²) in [5.74, 6) is 0.341. The summed E-state index contributed by atoms with van der Waals surface area (Å²) >= 11 is 5.98. The Labute approximate surface area is 119 Å². The Kier molecular flexibility index (Phi) is 3.47. The number of halogens is 2. The van der Waals surface area contributed by atoms with Crippen molar-refractivity contribution in [2.24, 2.45) is 0 Å². The second-order valence-corrected chi connectivity index (χ2v) is 4.61. The van der Waals surface area contributed by atoms with E-state index in [2.05, 4.69) is 25.3 Å². The van der Waals surface area contributed by atoms with Crippen molar-refractivity contribution >= 4 is 28.6 Å². The van der Waals surface area contributed by atoms with Gasteiger partial charge in [0.05, 0.1) is 6.33 Å². The van der Waals surface area contributed by atoms with Gasteiger partial charge in [0, 0.05) is 17.1 Å². The normalized spacial score (nSPS) is 10.9. The number of nitrogens with one attached hydrogen (secondary N) is 2. The maximum atomic E-state index is 13.6. The zero-order chi connectivity index (χ0) is 13.9. The van der Waals surface area contributed by atoms with Crippen LogP contribution in [-0.2, 0) is 6.42 Å². The first-order valence-electron chi connectivity index (χ1n) is 6.06. The van der Waals surface area contributed by atoms with Crippen LogP contribution in [0, 0.1) is 5.82 Å². The predicted molar refractivity (Wildman–Crippen MR) is 75.3 cm³/mol. The fourth-order valence-electron chi connectivity index (χ4n) is 1.98. The standard InChI is InChI=1S/C13H11ClFN5/c14-9-2-1-3-10(15)8(9)4-5-16-12-11-13(18-6-17-11)20-7-19-12/h1-3,6-7H,4-5H2,(H2,16,17,18,19,20). The highest BCUT2D eigenvalue weighted by Crippen LogP contribution is 2.20. The Hall–Kier alpha value is -2.21. The first-order valence-corrected chi connectivity index (χ1v) is 6.44. The number of H-pyrrole nitrogens is 1. The SMILES string of the molecule is Fc1cccc(Cl)c1CCNc1ncnc2nc[nH]c12. The number of rotatable bonds is 4. The number of aromatic nitrogens is 4. The van der Waals surface area contributed by atoms with Crippen LogP contribution in [0.1, 0.15) is 5.56 Å². The summed E-state index contributed by atoms with van der Waals surface area (Å²) in [7, 11) is 0. The van der Waals surface area contributed by atoms with Crippen LogP contribution in [0.3, 0.4) is 0 Å². The topological polar surface area (TPSA) is 66.5 Å². The fraction of sp³-hybridized carbons (Fsp3) is 0.154. The lowest BCUT2D eigenvalue weighted by atomic mass is 10.1. The second kappa shape index (κ2) is 5.42. The third-order valence-electron chi connectivity index (χ3n) is 2.95. The lowest BCUT2D eigenvalue weighted by Gasteiger charge is -2.08. The van der Waals surface area contributed by atoms with E-state index in [0.717, 1.165) is 5.52 Å². The molecule has 3 rings (SSSR count). The lowest BCUT2D eigenvalue weighted by molar-refractivity contribution is 0.611. The highest BCUT2D eigenvalue weighted by atomic mass is 35.5. The molecule has 0 amide bonds. The van der Waals surface area contributed by atoms with E-state index in [1.54, 1.807) is 18.5 Å². The molecule has 2 N–H and O–H groups in total. The average molecular weight is 292 g/mol. The number of hydrogen-bond acceptors (Lipinski definition) is 4. The molecule has 0 aliphatic heterocycles. The average Bonchev–Trinajstić information content (AvgIpc) is 2.91. The summed E-state index contributed by atoms with van der Waals surface area (Å²) in [6.07, 6.45) is 3.45. The van der Waals surface area contributed by atoms with E-state index in [-0.39, 0.29) is 5.82 Å². The molecular weight excluding hydrogens is 281 g/mol. The summed E-state index contributed by atoms with van der Waals surface area (Å²) in [6, 6.07) is 4.67. The lowest BCUT2D eigenvalue weighted by Crippen LogP contribution is -2.08. The Morgan fingerprint density at radius 3 is 3.00 bits per heavy atom. The first-order chi connectivity index (χ1) is 9.75. The minimum absolute atomic E-state index is 0.298. The minimum Gasteiger partial charge on any atom is -0.368 e. The quantitative estimate of drug-likeness (QED) is 0.776. The van der Waals surface area contributed by atoms with E-state index >= 15 is 0 Å². The number of aromatic amines is 1. The van der Waals surface area contributed by atoms with Gasteiger partial charge in [-0.3, -0.25) is 0 Å². The molecule has 0 saturated heterocycles. The zero-order valence-electron chi connectivity index (χ0n) is 10.4. The summed E-state index contributed by atoms with van der Waals surface area (Å²) in [5.41, 5.74) is 1.81. The van der Waals surface area contributed by atoms with E-state index < -0.39 is 0 Å². The molecule has 20 heavy (non-hydrogen) atoms. The van der Waals surface area contributed by atoms with Gasteiger partial charge in [-0.1, -0.05) is 17.7 Å². The van der Waals surface area contributed by atoms with E-state index in [1.165, 1.54) is 12.4 Å². The molecule has 5 nitrogen and oxygen atoms in total. The van der Waals surface area contributed by atoms with Crippen molar-refractivity contribution in [3.63, 3.8) is 0 Å². The molecule has 7 heteroatoms. The van der Waals surface area contributed by atoms with Crippen LogP contribution in [0.4, 0.5) is 10.2 Å². The van der Waals surface area contributed by atoms with Gasteiger partial charge >= 0.3 is 0 Å². The molecule has 2 aromatic heterocycles. The number of benzene rings is 1. The van der Waals surface area contributed by atoms with Crippen molar-refractivity contribution in [1.29, 1.82) is 0 Å². The van der Waals surface area contributed by atoms with Gasteiger partial charge in [-0.25, -0.2) is 19.3 Å². The van der Waals surface area contributed by atoms with Gasteiger partial charge in [-0.2, -0.15) is 0 Å². The molecule has 1 aromatic carbocycles. The van der Waals surface area contributed by atoms with Gasteiger partial charge in [0.1, 0.15) is 17.7 Å². The number of fused-ring (bicyclic) bond motifs is 1. The van der Waals surface area contributed by atoms with Crippen molar-refractivity contribution in [1.82, 2.24) is 19.9 Å². The molecular formula is C13H11ClFN5. The van der Waals surface area contributed by atoms with Crippen molar-refractivity contribution in [2.75, 3.05) is 11.9 Å². The van der Waals surface area contributed by atoms with Crippen LogP contribution < -0.4 is 5.32 Å². The molecule has 2 heterocycles. The Balaban J connectivity index is 1.73. The largest absolute Gasteiger partial charge is 0.368 e. The molecule has 0 spiro atoms. The van der Waals surface area contributed by atoms with Crippen molar-refractivity contribution < 1.29 is 4.39 Å². The van der Waals surface area contributed by atoms with Crippen molar-refractivity contribution in [3.05, 3.63) is 47.3 Å². The summed E-state index contributed by atoms with van der Waals surface area (Å²) in [4.78, 5) is 15.2. The number of anilines is 1. The Morgan fingerprint density at radius 1 is 1.25 bits per heavy atom. The van der Waals surface area contributed by atoms with Crippen LogP contribution in [0.25, 0.3) is 11.2 Å². The predicted octanol–water partition coefficient (Wildman–Crippen LogP) is 2.80. The Bertz CT molecular complexity index is 722. The minimum atomic E-state index is -0.298. The second-order valence-electron chi connectivity index (χ2n) is 4.20. The maximum Gasteiger partial charge on any atom is 0.182 e. The highest BCUT2D eigenvalue weighted by molar-refractivity contribution is 6.31. The molecule has 3 aromatic rings. The number of nitrogens with zero attached hydrogens (tertiary/aromatic N) is 3. The monoisotopic (exact) mass is 291 g/mol. The first kappa shape index (κ1) is 12.8. The summed E-state index contributed by atoms with van der Waals surface area (Å²) in [6.45, 7) is 0.506. The van der Waals surface area contributed by atoms with Gasteiger partial charge in [0.25, 0.3) is 0 Å². The molecule has 0 saturated carbocycles. The third kappa shape index (κ3) is 2.42. The maximum absolute atomic E-state index is 13.6. The molecule has 0 aliphatic rings. The van der Waals surface area contributed by atoms with Crippen LogP contribution in [0.15, 0.2) is 30.9 Å². The van der Waals surface area contributed by atoms with E-state index in [1.807, 2.05) is 0 Å². The summed E-state index contributed by atoms with van der Waals surface area (Å²) < 4.78 is 13.6. The number of imidazole rings is 1. The summed E-state index contributed by atoms with van der Waals surface area (Å²) in [5, 5.41) is 3.56. The van der Waals surface area contributed by atoms with Crippen LogP contribution in [-0.4, -0.2) is 26.5 Å².